The molecule has 3 nitrogen and oxygen atoms in total. The topological polar surface area (TPSA) is 46.5 Å². The Bertz CT molecular complexity index is 857. The molecule has 0 amide bonds. The molecule has 7 heteroatoms. The number of fused-ring (bicyclic) bond motifs is 1. The molecule has 0 bridgehead atoms. The molecule has 0 aliphatic carbocycles. The molecule has 0 radical (unpaired) electrons. The normalized spacial score (nSPS) is 13.8. The summed E-state index contributed by atoms with van der Waals surface area (Å²) in [5, 5.41) is 8.71. The van der Waals surface area contributed by atoms with E-state index in [2.05, 4.69) is 0 Å². The second-order valence-electron chi connectivity index (χ2n) is 5.14. The van der Waals surface area contributed by atoms with Crippen molar-refractivity contribution >= 4 is 23.1 Å². The van der Waals surface area contributed by atoms with E-state index in [1.54, 1.807) is 6.08 Å². The van der Waals surface area contributed by atoms with E-state index in [0.717, 1.165) is 6.07 Å². The molecular weight excluding hydrogens is 345 g/mol. The van der Waals surface area contributed by atoms with E-state index in [-0.39, 0.29) is 12.2 Å². The lowest BCUT2D eigenvalue weighted by Crippen LogP contribution is -2.09. The van der Waals surface area contributed by atoms with Gasteiger partial charge in [-0.15, -0.1) is 0 Å². The van der Waals surface area contributed by atoms with Gasteiger partial charge in [0.25, 0.3) is 0 Å². The summed E-state index contributed by atoms with van der Waals surface area (Å²) >= 11 is 5.64. The van der Waals surface area contributed by atoms with Crippen LogP contribution in [0.3, 0.4) is 0 Å². The molecule has 0 spiro atoms. The van der Waals surface area contributed by atoms with Gasteiger partial charge in [-0.2, -0.15) is 13.2 Å². The van der Waals surface area contributed by atoms with Gasteiger partial charge in [0.15, 0.2) is 0 Å². The summed E-state index contributed by atoms with van der Waals surface area (Å²) in [6.07, 6.45) is -2.97. The van der Waals surface area contributed by atoms with Gasteiger partial charge < -0.3 is 9.84 Å². The van der Waals surface area contributed by atoms with Crippen LogP contribution in [0.4, 0.5) is 13.2 Å². The monoisotopic (exact) mass is 354 g/mol. The Morgan fingerprint density at radius 1 is 1.17 bits per heavy atom. The third-order valence-electron chi connectivity index (χ3n) is 3.63. The molecule has 1 aliphatic heterocycles. The van der Waals surface area contributed by atoms with Crippen molar-refractivity contribution in [3.63, 3.8) is 0 Å². The fraction of sp³-hybridized carbons (Fsp3) is 0.118. The van der Waals surface area contributed by atoms with Gasteiger partial charge in [0, 0.05) is 5.56 Å². The molecule has 1 N–H and O–H groups in total. The van der Waals surface area contributed by atoms with Crippen molar-refractivity contribution in [3.05, 3.63) is 69.8 Å². The number of alkyl halides is 3. The van der Waals surface area contributed by atoms with Gasteiger partial charge in [-0.25, -0.2) is 4.79 Å². The van der Waals surface area contributed by atoms with Gasteiger partial charge >= 0.3 is 12.1 Å². The van der Waals surface area contributed by atoms with E-state index in [9.17, 15) is 18.0 Å². The summed E-state index contributed by atoms with van der Waals surface area (Å²) in [6.45, 7) is 0.179. The molecule has 3 rings (SSSR count). The molecule has 2 aromatic rings. The lowest BCUT2D eigenvalue weighted by Gasteiger charge is -2.20. The molecule has 0 fully saturated rings. The maximum absolute atomic E-state index is 13.1. The molecule has 0 unspecified atom stereocenters. The quantitative estimate of drug-likeness (QED) is 0.836. The third-order valence-corrected chi connectivity index (χ3v) is 3.96. The maximum Gasteiger partial charge on any atom is 0.417 e. The van der Waals surface area contributed by atoms with Crippen LogP contribution in [0.25, 0.3) is 5.57 Å². The van der Waals surface area contributed by atoms with Gasteiger partial charge in [0.1, 0.15) is 12.4 Å². The summed E-state index contributed by atoms with van der Waals surface area (Å²) in [6, 6.07) is 7.85. The Morgan fingerprint density at radius 2 is 1.92 bits per heavy atom. The van der Waals surface area contributed by atoms with Crippen LogP contribution in [0.15, 0.2) is 42.5 Å². The first-order valence-corrected chi connectivity index (χ1v) is 7.23. The highest BCUT2D eigenvalue weighted by Gasteiger charge is 2.33. The van der Waals surface area contributed by atoms with Gasteiger partial charge in [-0.1, -0.05) is 17.7 Å². The Morgan fingerprint density at radius 3 is 2.58 bits per heavy atom. The van der Waals surface area contributed by atoms with Crippen molar-refractivity contribution in [1.82, 2.24) is 0 Å². The van der Waals surface area contributed by atoms with Crippen LogP contribution in [0.2, 0.25) is 5.02 Å². The number of aromatic carboxylic acids is 1. The van der Waals surface area contributed by atoms with Gasteiger partial charge in [-0.05, 0) is 47.5 Å². The predicted octanol–water partition coefficient (Wildman–Crippen LogP) is 4.88. The number of benzene rings is 2. The minimum atomic E-state index is -4.58. The summed E-state index contributed by atoms with van der Waals surface area (Å²) in [4.78, 5) is 11.1. The number of carboxylic acid groups (broad SMARTS) is 1. The van der Waals surface area contributed by atoms with Gasteiger partial charge in [0.05, 0.1) is 16.1 Å². The fourth-order valence-electron chi connectivity index (χ4n) is 2.51. The fourth-order valence-corrected chi connectivity index (χ4v) is 2.73. The van der Waals surface area contributed by atoms with Crippen LogP contribution in [-0.4, -0.2) is 17.7 Å². The highest BCUT2D eigenvalue weighted by Crippen LogP contribution is 2.40. The molecular formula is C17H10ClF3O3. The lowest BCUT2D eigenvalue weighted by molar-refractivity contribution is -0.137. The number of halogens is 4. The number of carboxylic acids is 1. The van der Waals surface area contributed by atoms with E-state index in [0.29, 0.717) is 22.4 Å². The standard InChI is InChI=1S/C17H10ClF3O3/c18-14-3-1-9(8-13(14)17(19,20)21)11-5-6-24-15-4-2-10(16(22)23)7-12(11)15/h1-5,7-8H,6H2,(H,22,23). The highest BCUT2D eigenvalue weighted by molar-refractivity contribution is 6.31. The minimum absolute atomic E-state index is 0.0233. The van der Waals surface area contributed by atoms with Crippen LogP contribution >= 0.6 is 11.6 Å². The van der Waals surface area contributed by atoms with Crippen LogP contribution < -0.4 is 4.74 Å². The summed E-state index contributed by atoms with van der Waals surface area (Å²) < 4.78 is 44.6. The predicted molar refractivity (Wildman–Crippen MR) is 82.4 cm³/mol. The van der Waals surface area contributed by atoms with Crippen molar-refractivity contribution in [2.45, 2.75) is 6.18 Å². The minimum Gasteiger partial charge on any atom is -0.489 e. The maximum atomic E-state index is 13.1. The first kappa shape index (κ1) is 16.4. The molecule has 2 aromatic carbocycles. The zero-order chi connectivity index (χ0) is 17.5. The van der Waals surface area contributed by atoms with Crippen molar-refractivity contribution in [2.75, 3.05) is 6.61 Å². The molecule has 0 atom stereocenters. The first-order valence-electron chi connectivity index (χ1n) is 6.85. The molecule has 0 saturated heterocycles. The van der Waals surface area contributed by atoms with Gasteiger partial charge in [-0.3, -0.25) is 0 Å². The average Bonchev–Trinajstić information content (AvgIpc) is 2.53. The number of ether oxygens (including phenoxy) is 1. The summed E-state index contributed by atoms with van der Waals surface area (Å²) in [5.74, 6) is -0.712. The average molecular weight is 355 g/mol. The van der Waals surface area contributed by atoms with Crippen molar-refractivity contribution in [1.29, 1.82) is 0 Å². The third kappa shape index (κ3) is 2.97. The second-order valence-corrected chi connectivity index (χ2v) is 5.54. The van der Waals surface area contributed by atoms with E-state index < -0.39 is 22.7 Å². The van der Waals surface area contributed by atoms with Crippen molar-refractivity contribution < 1.29 is 27.8 Å². The Labute approximate surface area is 139 Å². The van der Waals surface area contributed by atoms with Crippen molar-refractivity contribution in [3.8, 4) is 5.75 Å². The molecule has 1 heterocycles. The zero-order valence-corrected chi connectivity index (χ0v) is 12.8. The van der Waals surface area contributed by atoms with E-state index in [1.807, 2.05) is 0 Å². The lowest BCUT2D eigenvalue weighted by atomic mass is 9.93. The first-order chi connectivity index (χ1) is 11.3. The van der Waals surface area contributed by atoms with Crippen LogP contribution in [0.5, 0.6) is 5.75 Å². The number of rotatable bonds is 2. The van der Waals surface area contributed by atoms with E-state index in [4.69, 9.17) is 21.4 Å². The molecule has 1 aliphatic rings. The van der Waals surface area contributed by atoms with E-state index in [1.165, 1.54) is 30.3 Å². The smallest absolute Gasteiger partial charge is 0.417 e. The zero-order valence-electron chi connectivity index (χ0n) is 12.0. The van der Waals surface area contributed by atoms with Crippen molar-refractivity contribution in [2.24, 2.45) is 0 Å². The van der Waals surface area contributed by atoms with Crippen LogP contribution in [0, 0.1) is 0 Å². The molecule has 0 aromatic heterocycles. The number of hydrogen-bond acceptors (Lipinski definition) is 2. The SMILES string of the molecule is O=C(O)c1ccc2c(c1)C(c1ccc(Cl)c(C(F)(F)F)c1)=CCO2. The van der Waals surface area contributed by atoms with Crippen LogP contribution in [-0.2, 0) is 6.18 Å². The number of hydrogen-bond donors (Lipinski definition) is 1. The summed E-state index contributed by atoms with van der Waals surface area (Å²) in [7, 11) is 0. The molecule has 0 saturated carbocycles. The summed E-state index contributed by atoms with van der Waals surface area (Å²) in [5.41, 5.74) is 0.275. The second kappa shape index (κ2) is 5.87. The molecule has 24 heavy (non-hydrogen) atoms. The van der Waals surface area contributed by atoms with E-state index >= 15 is 0 Å². The Hall–Kier alpha value is -2.47. The largest absolute Gasteiger partial charge is 0.489 e. The number of carbonyl (C=O) groups is 1. The highest BCUT2D eigenvalue weighted by atomic mass is 35.5. The Balaban J connectivity index is 2.14. The van der Waals surface area contributed by atoms with Crippen LogP contribution in [0.1, 0.15) is 27.0 Å². The van der Waals surface area contributed by atoms with Gasteiger partial charge in [0.2, 0.25) is 0 Å². The molecule has 124 valence electrons. The Kier molecular flexibility index (Phi) is 4.01.